The number of anilines is 5. The van der Waals surface area contributed by atoms with E-state index in [0.717, 1.165) is 16.1 Å². The van der Waals surface area contributed by atoms with E-state index in [9.17, 15) is 26.4 Å². The maximum atomic E-state index is 13.7. The van der Waals surface area contributed by atoms with Crippen molar-refractivity contribution in [3.63, 3.8) is 0 Å². The molecule has 0 radical (unpaired) electrons. The number of carbonyl (C=O) groups is 1. The van der Waals surface area contributed by atoms with Gasteiger partial charge in [-0.3, -0.25) is 14.1 Å². The van der Waals surface area contributed by atoms with E-state index in [-0.39, 0.29) is 36.2 Å². The smallest absolute Gasteiger partial charge is 0.364 e. The van der Waals surface area contributed by atoms with Crippen molar-refractivity contribution in [2.75, 3.05) is 33.6 Å². The zero-order valence-corrected chi connectivity index (χ0v) is 20.3. The maximum Gasteiger partial charge on any atom is 0.421 e. The van der Waals surface area contributed by atoms with Crippen molar-refractivity contribution in [3.05, 3.63) is 59.0 Å². The Labute approximate surface area is 205 Å². The Kier molecular flexibility index (Phi) is 6.47. The lowest BCUT2D eigenvalue weighted by Crippen LogP contribution is -2.27. The molecular weight excluding hydrogens is 499 g/mol. The van der Waals surface area contributed by atoms with E-state index in [0.29, 0.717) is 23.3 Å². The van der Waals surface area contributed by atoms with E-state index < -0.39 is 27.6 Å². The molecule has 0 saturated heterocycles. The Bertz CT molecular complexity index is 1450. The van der Waals surface area contributed by atoms with Crippen molar-refractivity contribution in [2.45, 2.75) is 26.1 Å². The van der Waals surface area contributed by atoms with E-state index in [2.05, 4.69) is 30.9 Å². The van der Waals surface area contributed by atoms with Crippen molar-refractivity contribution in [2.24, 2.45) is 0 Å². The lowest BCUT2D eigenvalue weighted by molar-refractivity contribution is -0.137. The van der Waals surface area contributed by atoms with Crippen LogP contribution in [0.4, 0.5) is 42.0 Å². The number of nitrogens with one attached hydrogen (secondary N) is 3. The predicted molar refractivity (Wildman–Crippen MR) is 129 cm³/mol. The first-order valence-corrected chi connectivity index (χ1v) is 12.4. The fraction of sp³-hybridized carbons (Fsp3) is 0.273. The summed E-state index contributed by atoms with van der Waals surface area (Å²) in [5.41, 5.74) is 1.56. The second-order valence-corrected chi connectivity index (χ2v) is 10.2. The highest BCUT2D eigenvalue weighted by atomic mass is 32.2. The molecule has 0 saturated carbocycles. The molecule has 1 amide bonds. The van der Waals surface area contributed by atoms with Crippen molar-refractivity contribution in [3.8, 4) is 0 Å². The highest BCUT2D eigenvalue weighted by Crippen LogP contribution is 2.36. The standard InChI is InChI=1S/C22H22F3N7O3S/c1-12-7-8-17(32(2)36(3,34)35)16(28-12)11-26-20-14(22(23,24)25)10-27-21(31-20)29-15-6-4-5-13-9-18(33)30-19(13)15/h4-8,10H,9,11H2,1-3H3,(H,30,33)(H2,26,27,29,31). The van der Waals surface area contributed by atoms with Gasteiger partial charge in [0, 0.05) is 18.9 Å². The molecule has 0 fully saturated rings. The molecular formula is C22H22F3N7O3S. The second-order valence-electron chi connectivity index (χ2n) is 8.15. The molecule has 1 aliphatic rings. The Morgan fingerprint density at radius 2 is 1.92 bits per heavy atom. The van der Waals surface area contributed by atoms with Crippen LogP contribution >= 0.6 is 0 Å². The van der Waals surface area contributed by atoms with Gasteiger partial charge in [0.25, 0.3) is 0 Å². The number of nitrogens with zero attached hydrogens (tertiary/aromatic N) is 4. The van der Waals surface area contributed by atoms with Crippen molar-refractivity contribution < 1.29 is 26.4 Å². The van der Waals surface area contributed by atoms with E-state index >= 15 is 0 Å². The van der Waals surface area contributed by atoms with Gasteiger partial charge in [-0.25, -0.2) is 13.4 Å². The minimum absolute atomic E-state index is 0.134. The molecule has 0 bridgehead atoms. The number of halogens is 3. The van der Waals surface area contributed by atoms with E-state index in [1.54, 1.807) is 31.2 Å². The van der Waals surface area contributed by atoms with Crippen LogP contribution in [-0.2, 0) is 34.0 Å². The van der Waals surface area contributed by atoms with Crippen LogP contribution in [0.25, 0.3) is 0 Å². The SMILES string of the molecule is Cc1ccc(N(C)S(C)(=O)=O)c(CNc2nc(Nc3cccc4c3NC(=O)C4)ncc2C(F)(F)F)n1. The van der Waals surface area contributed by atoms with Crippen LogP contribution in [0.15, 0.2) is 36.5 Å². The number of carbonyl (C=O) groups excluding carboxylic acids is 1. The van der Waals surface area contributed by atoms with Gasteiger partial charge in [0.05, 0.1) is 42.0 Å². The lowest BCUT2D eigenvalue weighted by atomic mass is 10.1. The predicted octanol–water partition coefficient (Wildman–Crippen LogP) is 3.44. The molecule has 14 heteroatoms. The summed E-state index contributed by atoms with van der Waals surface area (Å²) < 4.78 is 66.1. The van der Waals surface area contributed by atoms with Crippen molar-refractivity contribution in [1.29, 1.82) is 0 Å². The minimum Gasteiger partial charge on any atom is -0.364 e. The maximum absolute atomic E-state index is 13.7. The molecule has 0 aliphatic carbocycles. The van der Waals surface area contributed by atoms with Gasteiger partial charge in [-0.1, -0.05) is 12.1 Å². The highest BCUT2D eigenvalue weighted by Gasteiger charge is 2.35. The normalized spacial score (nSPS) is 13.2. The molecule has 2 aromatic heterocycles. The minimum atomic E-state index is -4.75. The van der Waals surface area contributed by atoms with Gasteiger partial charge in [-0.15, -0.1) is 0 Å². The Balaban J connectivity index is 1.66. The number of sulfonamides is 1. The first-order valence-electron chi connectivity index (χ1n) is 10.6. The number of amides is 1. The topological polar surface area (TPSA) is 129 Å². The summed E-state index contributed by atoms with van der Waals surface area (Å²) in [5.74, 6) is -0.853. The summed E-state index contributed by atoms with van der Waals surface area (Å²) in [5, 5.41) is 8.19. The summed E-state index contributed by atoms with van der Waals surface area (Å²) in [6, 6.07) is 8.24. The molecule has 10 nitrogen and oxygen atoms in total. The number of hydrogen-bond acceptors (Lipinski definition) is 8. The third-order valence-corrected chi connectivity index (χ3v) is 6.65. The number of benzene rings is 1. The quantitative estimate of drug-likeness (QED) is 0.431. The molecule has 0 spiro atoms. The number of aromatic nitrogens is 3. The fourth-order valence-electron chi connectivity index (χ4n) is 3.63. The van der Waals surface area contributed by atoms with E-state index in [4.69, 9.17) is 0 Å². The van der Waals surface area contributed by atoms with Gasteiger partial charge in [-0.2, -0.15) is 18.2 Å². The molecule has 3 aromatic rings. The lowest BCUT2D eigenvalue weighted by Gasteiger charge is -2.21. The third-order valence-electron chi connectivity index (χ3n) is 5.46. The van der Waals surface area contributed by atoms with Crippen LogP contribution in [0.5, 0.6) is 0 Å². The molecule has 1 aliphatic heterocycles. The Morgan fingerprint density at radius 1 is 1.17 bits per heavy atom. The Morgan fingerprint density at radius 3 is 2.61 bits per heavy atom. The summed E-state index contributed by atoms with van der Waals surface area (Å²) >= 11 is 0. The van der Waals surface area contributed by atoms with Gasteiger partial charge in [0.1, 0.15) is 11.4 Å². The zero-order valence-electron chi connectivity index (χ0n) is 19.4. The summed E-state index contributed by atoms with van der Waals surface area (Å²) in [6.07, 6.45) is -2.90. The van der Waals surface area contributed by atoms with E-state index in [1.807, 2.05) is 0 Å². The van der Waals surface area contributed by atoms with Gasteiger partial charge in [0.15, 0.2) is 0 Å². The molecule has 4 rings (SSSR count). The van der Waals surface area contributed by atoms with Gasteiger partial charge < -0.3 is 16.0 Å². The fourth-order valence-corrected chi connectivity index (χ4v) is 4.15. The molecule has 3 N–H and O–H groups in total. The van der Waals surface area contributed by atoms with Crippen LogP contribution < -0.4 is 20.3 Å². The van der Waals surface area contributed by atoms with Crippen molar-refractivity contribution in [1.82, 2.24) is 15.0 Å². The summed E-state index contributed by atoms with van der Waals surface area (Å²) in [7, 11) is -2.31. The van der Waals surface area contributed by atoms with Crippen LogP contribution in [0.1, 0.15) is 22.5 Å². The molecule has 0 unspecified atom stereocenters. The molecule has 36 heavy (non-hydrogen) atoms. The average Bonchev–Trinajstić information content (AvgIpc) is 3.17. The monoisotopic (exact) mass is 521 g/mol. The van der Waals surface area contributed by atoms with E-state index in [1.165, 1.54) is 13.1 Å². The number of aryl methyl sites for hydroxylation is 1. The zero-order chi connectivity index (χ0) is 26.3. The van der Waals surface area contributed by atoms with Crippen LogP contribution in [0.3, 0.4) is 0 Å². The van der Waals surface area contributed by atoms with Gasteiger partial charge in [0.2, 0.25) is 21.9 Å². The second kappa shape index (κ2) is 9.26. The number of pyridine rings is 1. The first kappa shape index (κ1) is 25.2. The van der Waals surface area contributed by atoms with Crippen LogP contribution in [-0.4, -0.2) is 42.6 Å². The van der Waals surface area contributed by atoms with Crippen molar-refractivity contribution >= 4 is 44.8 Å². The van der Waals surface area contributed by atoms with Gasteiger partial charge in [-0.05, 0) is 30.7 Å². The van der Waals surface area contributed by atoms with Crippen LogP contribution in [0, 0.1) is 6.92 Å². The summed E-state index contributed by atoms with van der Waals surface area (Å²) in [4.78, 5) is 23.9. The molecule has 190 valence electrons. The molecule has 3 heterocycles. The number of fused-ring (bicyclic) bond motifs is 1. The first-order chi connectivity index (χ1) is 16.8. The Hall–Kier alpha value is -3.94. The number of rotatable bonds is 7. The summed E-state index contributed by atoms with van der Waals surface area (Å²) in [6.45, 7) is 1.44. The third kappa shape index (κ3) is 5.32. The molecule has 0 atom stereocenters. The largest absolute Gasteiger partial charge is 0.421 e. The molecule has 1 aromatic carbocycles. The van der Waals surface area contributed by atoms with Gasteiger partial charge >= 0.3 is 6.18 Å². The highest BCUT2D eigenvalue weighted by molar-refractivity contribution is 7.92. The number of alkyl halides is 3. The number of hydrogen-bond donors (Lipinski definition) is 3. The number of para-hydroxylation sites is 1. The average molecular weight is 522 g/mol. The van der Waals surface area contributed by atoms with Crippen LogP contribution in [0.2, 0.25) is 0 Å².